The van der Waals surface area contributed by atoms with Crippen molar-refractivity contribution >= 4 is 17.5 Å². The van der Waals surface area contributed by atoms with E-state index in [1.54, 1.807) is 29.2 Å². The van der Waals surface area contributed by atoms with E-state index in [0.29, 0.717) is 24.5 Å². The van der Waals surface area contributed by atoms with Crippen LogP contribution in [0.15, 0.2) is 41.2 Å². The molecular formula is C18H20N4O4. The molecular weight excluding hydrogens is 336 g/mol. The van der Waals surface area contributed by atoms with Crippen LogP contribution in [0.25, 0.3) is 0 Å². The average Bonchev–Trinajstić information content (AvgIpc) is 3.17. The first kappa shape index (κ1) is 17.7. The fourth-order valence-corrected chi connectivity index (χ4v) is 2.80. The molecule has 1 aromatic carbocycles. The van der Waals surface area contributed by atoms with Gasteiger partial charge >= 0.3 is 0 Å². The monoisotopic (exact) mass is 356 g/mol. The second-order valence-electron chi connectivity index (χ2n) is 5.99. The Balaban J connectivity index is 1.72. The molecule has 2 aromatic rings. The van der Waals surface area contributed by atoms with Gasteiger partial charge in [0.15, 0.2) is 0 Å². The van der Waals surface area contributed by atoms with Crippen molar-refractivity contribution in [2.75, 3.05) is 25.5 Å². The Kier molecular flexibility index (Phi) is 5.31. The highest BCUT2D eigenvalue weighted by molar-refractivity contribution is 5.92. The number of ether oxygens (including phenoxy) is 1. The van der Waals surface area contributed by atoms with E-state index in [-0.39, 0.29) is 18.1 Å². The number of hydrogen-bond acceptors (Lipinski definition) is 5. The smallest absolute Gasteiger partial charge is 0.274 e. The third-order valence-electron chi connectivity index (χ3n) is 4.13. The Morgan fingerprint density at radius 1 is 1.19 bits per heavy atom. The summed E-state index contributed by atoms with van der Waals surface area (Å²) in [7, 11) is 1.54. The number of hydrogen-bond donors (Lipinski definition) is 1. The zero-order valence-electron chi connectivity index (χ0n) is 14.5. The van der Waals surface area contributed by atoms with Crippen LogP contribution < -0.4 is 15.6 Å². The second kappa shape index (κ2) is 7.81. The summed E-state index contributed by atoms with van der Waals surface area (Å²) < 4.78 is 6.10. The first-order valence-corrected chi connectivity index (χ1v) is 8.38. The zero-order valence-corrected chi connectivity index (χ0v) is 14.5. The number of rotatable bonds is 5. The zero-order chi connectivity index (χ0) is 18.5. The normalized spacial score (nSPS) is 13.5. The van der Waals surface area contributed by atoms with Crippen LogP contribution in [-0.2, 0) is 11.3 Å². The summed E-state index contributed by atoms with van der Waals surface area (Å²) in [6.45, 7) is 1.10. The summed E-state index contributed by atoms with van der Waals surface area (Å²) in [5.41, 5.74) is 0.274. The van der Waals surface area contributed by atoms with Crippen molar-refractivity contribution in [3.63, 3.8) is 0 Å². The molecule has 2 heterocycles. The largest absolute Gasteiger partial charge is 0.497 e. The minimum atomic E-state index is -0.441. The number of carbonyl (C=O) groups is 2. The number of aromatic nitrogens is 2. The van der Waals surface area contributed by atoms with Crippen molar-refractivity contribution in [3.05, 3.63) is 52.4 Å². The summed E-state index contributed by atoms with van der Waals surface area (Å²) >= 11 is 0. The number of methoxy groups -OCH3 is 1. The van der Waals surface area contributed by atoms with Gasteiger partial charge in [0.1, 0.15) is 18.0 Å². The fraction of sp³-hybridized carbons (Fsp3) is 0.333. The molecule has 0 bridgehead atoms. The third kappa shape index (κ3) is 4.08. The van der Waals surface area contributed by atoms with Crippen LogP contribution in [0, 0.1) is 0 Å². The summed E-state index contributed by atoms with van der Waals surface area (Å²) in [4.78, 5) is 38.3. The lowest BCUT2D eigenvalue weighted by molar-refractivity contribution is -0.117. The highest BCUT2D eigenvalue weighted by Gasteiger charge is 2.21. The molecule has 1 saturated heterocycles. The predicted octanol–water partition coefficient (Wildman–Crippen LogP) is 1.13. The fourth-order valence-electron chi connectivity index (χ4n) is 2.80. The van der Waals surface area contributed by atoms with Gasteiger partial charge in [0.05, 0.1) is 7.11 Å². The summed E-state index contributed by atoms with van der Waals surface area (Å²) in [5.74, 6) is -0.0284. The van der Waals surface area contributed by atoms with Gasteiger partial charge in [-0.15, -0.1) is 0 Å². The van der Waals surface area contributed by atoms with Crippen molar-refractivity contribution in [1.29, 1.82) is 0 Å². The molecule has 2 amide bonds. The topological polar surface area (TPSA) is 93.5 Å². The van der Waals surface area contributed by atoms with Gasteiger partial charge in [-0.2, -0.15) is 5.10 Å². The van der Waals surface area contributed by atoms with E-state index in [1.165, 1.54) is 19.2 Å². The van der Waals surface area contributed by atoms with Gasteiger partial charge in [0.2, 0.25) is 5.91 Å². The van der Waals surface area contributed by atoms with Gasteiger partial charge in [-0.3, -0.25) is 14.4 Å². The molecule has 8 nitrogen and oxygen atoms in total. The number of amides is 2. The lowest BCUT2D eigenvalue weighted by Crippen LogP contribution is -2.34. The number of nitrogens with one attached hydrogen (secondary N) is 1. The molecule has 1 fully saturated rings. The minimum absolute atomic E-state index is 0.167. The van der Waals surface area contributed by atoms with Gasteiger partial charge in [-0.25, -0.2) is 4.68 Å². The maximum Gasteiger partial charge on any atom is 0.274 e. The maximum atomic E-state index is 12.4. The Bertz CT molecular complexity index is 871. The number of nitrogens with zero attached hydrogens (tertiary/aromatic N) is 3. The van der Waals surface area contributed by atoms with E-state index in [4.69, 9.17) is 4.74 Å². The second-order valence-corrected chi connectivity index (χ2v) is 5.99. The van der Waals surface area contributed by atoms with Crippen molar-refractivity contribution in [2.24, 2.45) is 0 Å². The quantitative estimate of drug-likeness (QED) is 0.867. The van der Waals surface area contributed by atoms with Crippen LogP contribution in [-0.4, -0.2) is 46.7 Å². The summed E-state index contributed by atoms with van der Waals surface area (Å²) in [5, 5.41) is 6.74. The number of benzene rings is 1. The van der Waals surface area contributed by atoms with Crippen LogP contribution in [0.3, 0.4) is 0 Å². The SMILES string of the molecule is COc1cccc(NC(=O)Cn2nc(C(=O)N3CCCC3)ccc2=O)c1. The molecule has 0 saturated carbocycles. The van der Waals surface area contributed by atoms with E-state index in [1.807, 2.05) is 0 Å². The number of carbonyl (C=O) groups excluding carboxylic acids is 2. The van der Waals surface area contributed by atoms with Gasteiger partial charge in [-0.05, 0) is 31.0 Å². The van der Waals surface area contributed by atoms with Crippen LogP contribution in [0.2, 0.25) is 0 Å². The Morgan fingerprint density at radius 3 is 2.69 bits per heavy atom. The van der Waals surface area contributed by atoms with Crippen LogP contribution in [0.1, 0.15) is 23.3 Å². The molecule has 136 valence electrons. The molecule has 1 aliphatic rings. The minimum Gasteiger partial charge on any atom is -0.497 e. The maximum absolute atomic E-state index is 12.4. The molecule has 1 N–H and O–H groups in total. The van der Waals surface area contributed by atoms with E-state index < -0.39 is 11.5 Å². The molecule has 1 aliphatic heterocycles. The van der Waals surface area contributed by atoms with E-state index in [2.05, 4.69) is 10.4 Å². The van der Waals surface area contributed by atoms with Gasteiger partial charge in [0.25, 0.3) is 11.5 Å². The highest BCUT2D eigenvalue weighted by atomic mass is 16.5. The average molecular weight is 356 g/mol. The third-order valence-corrected chi connectivity index (χ3v) is 4.13. The predicted molar refractivity (Wildman–Crippen MR) is 95.3 cm³/mol. The van der Waals surface area contributed by atoms with E-state index in [9.17, 15) is 14.4 Å². The first-order chi connectivity index (χ1) is 12.6. The van der Waals surface area contributed by atoms with Gasteiger partial charge in [0, 0.05) is 30.9 Å². The standard InChI is InChI=1S/C18H20N4O4/c1-26-14-6-4-5-13(11-14)19-16(23)12-22-17(24)8-7-15(20-22)18(25)21-9-2-3-10-21/h4-8,11H,2-3,9-10,12H2,1H3,(H,19,23). The van der Waals surface area contributed by atoms with Crippen LogP contribution in [0.4, 0.5) is 5.69 Å². The summed E-state index contributed by atoms with van der Waals surface area (Å²) in [6, 6.07) is 9.54. The van der Waals surface area contributed by atoms with E-state index >= 15 is 0 Å². The van der Waals surface area contributed by atoms with Gasteiger partial charge < -0.3 is 15.0 Å². The number of likely N-dealkylation sites (tertiary alicyclic amines) is 1. The van der Waals surface area contributed by atoms with Crippen LogP contribution in [0.5, 0.6) is 5.75 Å². The van der Waals surface area contributed by atoms with Gasteiger partial charge in [-0.1, -0.05) is 6.07 Å². The number of anilines is 1. The Labute approximate surface area is 150 Å². The summed E-state index contributed by atoms with van der Waals surface area (Å²) in [6.07, 6.45) is 1.93. The molecule has 8 heteroatoms. The molecule has 3 rings (SSSR count). The Hall–Kier alpha value is -3.16. The molecule has 1 aromatic heterocycles. The highest BCUT2D eigenvalue weighted by Crippen LogP contribution is 2.16. The van der Waals surface area contributed by atoms with E-state index in [0.717, 1.165) is 17.5 Å². The molecule has 0 radical (unpaired) electrons. The van der Waals surface area contributed by atoms with Crippen molar-refractivity contribution in [2.45, 2.75) is 19.4 Å². The Morgan fingerprint density at radius 2 is 1.96 bits per heavy atom. The van der Waals surface area contributed by atoms with Crippen LogP contribution >= 0.6 is 0 Å². The van der Waals surface area contributed by atoms with Crippen molar-refractivity contribution in [3.8, 4) is 5.75 Å². The molecule has 0 atom stereocenters. The molecule has 0 unspecified atom stereocenters. The molecule has 0 aliphatic carbocycles. The van der Waals surface area contributed by atoms with Crippen molar-refractivity contribution in [1.82, 2.24) is 14.7 Å². The first-order valence-electron chi connectivity index (χ1n) is 8.38. The lowest BCUT2D eigenvalue weighted by atomic mass is 10.3. The lowest BCUT2D eigenvalue weighted by Gasteiger charge is -2.15. The van der Waals surface area contributed by atoms with Crippen molar-refractivity contribution < 1.29 is 14.3 Å². The molecule has 26 heavy (non-hydrogen) atoms. The molecule has 0 spiro atoms.